The number of likely N-dealkylation sites (N-methyl/N-ethyl adjacent to an activating group) is 1. The van der Waals surface area contributed by atoms with Gasteiger partial charge in [0.05, 0.1) is 26.3 Å². The van der Waals surface area contributed by atoms with Crippen LogP contribution < -0.4 is 4.90 Å². The van der Waals surface area contributed by atoms with Crippen molar-refractivity contribution in [2.24, 2.45) is 0 Å². The lowest BCUT2D eigenvalue weighted by Crippen LogP contribution is -2.47. The third kappa shape index (κ3) is 3.71. The summed E-state index contributed by atoms with van der Waals surface area (Å²) in [4.78, 5) is 30.1. The predicted molar refractivity (Wildman–Crippen MR) is 87.4 cm³/mol. The first kappa shape index (κ1) is 16.0. The number of ether oxygens (including phenoxy) is 1. The van der Waals surface area contributed by atoms with Gasteiger partial charge in [-0.1, -0.05) is 18.2 Å². The van der Waals surface area contributed by atoms with E-state index in [1.165, 1.54) is 5.56 Å². The minimum atomic E-state index is 0.0484. The van der Waals surface area contributed by atoms with E-state index in [2.05, 4.69) is 6.07 Å². The van der Waals surface area contributed by atoms with Crippen LogP contribution in [0, 0.1) is 0 Å². The number of benzene rings is 1. The summed E-state index contributed by atoms with van der Waals surface area (Å²) in [5.41, 5.74) is 2.22. The van der Waals surface area contributed by atoms with Crippen molar-refractivity contribution >= 4 is 17.5 Å². The van der Waals surface area contributed by atoms with Crippen molar-refractivity contribution in [1.82, 2.24) is 9.80 Å². The van der Waals surface area contributed by atoms with Crippen molar-refractivity contribution < 1.29 is 14.3 Å². The lowest BCUT2D eigenvalue weighted by Gasteiger charge is -2.29. The second-order valence-corrected chi connectivity index (χ2v) is 6.09. The van der Waals surface area contributed by atoms with Crippen LogP contribution in [0.2, 0.25) is 0 Å². The van der Waals surface area contributed by atoms with Crippen LogP contribution in [0.1, 0.15) is 5.56 Å². The van der Waals surface area contributed by atoms with Gasteiger partial charge >= 0.3 is 0 Å². The molecule has 0 radical (unpaired) electrons. The van der Waals surface area contributed by atoms with Gasteiger partial charge in [-0.15, -0.1) is 0 Å². The van der Waals surface area contributed by atoms with Crippen molar-refractivity contribution in [1.29, 1.82) is 0 Å². The molecule has 23 heavy (non-hydrogen) atoms. The van der Waals surface area contributed by atoms with Crippen LogP contribution >= 0.6 is 0 Å². The van der Waals surface area contributed by atoms with E-state index in [9.17, 15) is 9.59 Å². The number of hydrogen-bond donors (Lipinski definition) is 0. The van der Waals surface area contributed by atoms with E-state index in [1.54, 1.807) is 9.80 Å². The highest BCUT2D eigenvalue weighted by molar-refractivity contribution is 5.97. The van der Waals surface area contributed by atoms with E-state index < -0.39 is 0 Å². The van der Waals surface area contributed by atoms with E-state index in [4.69, 9.17) is 4.74 Å². The standard InChI is InChI=1S/C17H23N3O3/c1-18(12-16(21)19-8-10-23-11-9-19)13-17(22)20-7-6-14-4-2-3-5-15(14)20/h2-5H,6-13H2,1H3. The van der Waals surface area contributed by atoms with E-state index in [1.807, 2.05) is 30.1 Å². The molecule has 0 saturated carbocycles. The average Bonchev–Trinajstić information content (AvgIpc) is 2.99. The number of fused-ring (bicyclic) bond motifs is 1. The summed E-state index contributed by atoms with van der Waals surface area (Å²) in [5.74, 6) is 0.109. The lowest BCUT2D eigenvalue weighted by atomic mass is 10.2. The molecule has 0 aliphatic carbocycles. The minimum Gasteiger partial charge on any atom is -0.378 e. The SMILES string of the molecule is CN(CC(=O)N1CCOCC1)CC(=O)N1CCc2ccccc21. The zero-order valence-corrected chi connectivity index (χ0v) is 13.5. The fourth-order valence-electron chi connectivity index (χ4n) is 3.11. The van der Waals surface area contributed by atoms with Crippen LogP contribution in [0.3, 0.4) is 0 Å². The second-order valence-electron chi connectivity index (χ2n) is 6.09. The molecular formula is C17H23N3O3. The van der Waals surface area contributed by atoms with Gasteiger partial charge in [-0.05, 0) is 25.1 Å². The molecule has 2 aliphatic rings. The fraction of sp³-hybridized carbons (Fsp3) is 0.529. The van der Waals surface area contributed by atoms with Crippen LogP contribution in [0.5, 0.6) is 0 Å². The van der Waals surface area contributed by atoms with Crippen LogP contribution in [-0.4, -0.2) is 74.6 Å². The fourth-order valence-corrected chi connectivity index (χ4v) is 3.11. The van der Waals surface area contributed by atoms with Crippen molar-refractivity contribution in [3.05, 3.63) is 29.8 Å². The molecule has 0 aromatic heterocycles. The van der Waals surface area contributed by atoms with Gasteiger partial charge in [0.2, 0.25) is 11.8 Å². The maximum absolute atomic E-state index is 12.5. The Hall–Kier alpha value is -1.92. The Morgan fingerprint density at radius 2 is 1.78 bits per heavy atom. The summed E-state index contributed by atoms with van der Waals surface area (Å²) in [7, 11) is 1.82. The summed E-state index contributed by atoms with van der Waals surface area (Å²) in [6.07, 6.45) is 0.901. The molecule has 6 nitrogen and oxygen atoms in total. The number of morpholine rings is 1. The summed E-state index contributed by atoms with van der Waals surface area (Å²) in [6.45, 7) is 3.72. The second kappa shape index (κ2) is 7.10. The first-order valence-corrected chi connectivity index (χ1v) is 8.07. The molecule has 0 spiro atoms. The molecule has 3 rings (SSSR count). The van der Waals surface area contributed by atoms with Gasteiger partial charge in [0, 0.05) is 25.3 Å². The van der Waals surface area contributed by atoms with Gasteiger partial charge in [-0.3, -0.25) is 14.5 Å². The Morgan fingerprint density at radius 1 is 1.09 bits per heavy atom. The highest BCUT2D eigenvalue weighted by Crippen LogP contribution is 2.27. The number of amides is 2. The summed E-state index contributed by atoms with van der Waals surface area (Å²) < 4.78 is 5.25. The molecule has 1 aromatic carbocycles. The zero-order chi connectivity index (χ0) is 16.2. The quantitative estimate of drug-likeness (QED) is 0.805. The zero-order valence-electron chi connectivity index (χ0n) is 13.5. The maximum atomic E-state index is 12.5. The Balaban J connectivity index is 1.53. The van der Waals surface area contributed by atoms with Crippen molar-refractivity contribution in [3.63, 3.8) is 0 Å². The van der Waals surface area contributed by atoms with Crippen LogP contribution in [-0.2, 0) is 20.7 Å². The number of carbonyl (C=O) groups is 2. The summed E-state index contributed by atoms with van der Waals surface area (Å²) >= 11 is 0. The van der Waals surface area contributed by atoms with Gasteiger partial charge in [0.1, 0.15) is 0 Å². The normalized spacial score (nSPS) is 17.5. The Morgan fingerprint density at radius 3 is 2.57 bits per heavy atom. The molecule has 0 bridgehead atoms. The molecule has 2 heterocycles. The number of rotatable bonds is 4. The van der Waals surface area contributed by atoms with E-state index in [0.29, 0.717) is 26.3 Å². The third-order valence-electron chi connectivity index (χ3n) is 4.36. The lowest BCUT2D eigenvalue weighted by molar-refractivity contribution is -0.136. The van der Waals surface area contributed by atoms with Gasteiger partial charge in [0.15, 0.2) is 0 Å². The van der Waals surface area contributed by atoms with Gasteiger partial charge < -0.3 is 14.5 Å². The number of anilines is 1. The Labute approximate surface area is 136 Å². The summed E-state index contributed by atoms with van der Waals surface area (Å²) in [6, 6.07) is 8.00. The third-order valence-corrected chi connectivity index (χ3v) is 4.36. The predicted octanol–water partition coefficient (Wildman–Crippen LogP) is 0.366. The molecule has 1 saturated heterocycles. The van der Waals surface area contributed by atoms with E-state index >= 15 is 0 Å². The monoisotopic (exact) mass is 317 g/mol. The van der Waals surface area contributed by atoms with E-state index in [0.717, 1.165) is 18.7 Å². The topological polar surface area (TPSA) is 53.1 Å². The van der Waals surface area contributed by atoms with Gasteiger partial charge in [-0.2, -0.15) is 0 Å². The maximum Gasteiger partial charge on any atom is 0.241 e. The van der Waals surface area contributed by atoms with Crippen LogP contribution in [0.25, 0.3) is 0 Å². The molecule has 0 atom stereocenters. The van der Waals surface area contributed by atoms with Gasteiger partial charge in [-0.25, -0.2) is 0 Å². The van der Waals surface area contributed by atoms with Crippen LogP contribution in [0.4, 0.5) is 5.69 Å². The molecule has 2 amide bonds. The largest absolute Gasteiger partial charge is 0.378 e. The van der Waals surface area contributed by atoms with Crippen molar-refractivity contribution in [3.8, 4) is 0 Å². The molecule has 1 aromatic rings. The number of carbonyl (C=O) groups excluding carboxylic acids is 2. The minimum absolute atomic E-state index is 0.0484. The smallest absolute Gasteiger partial charge is 0.241 e. The first-order chi connectivity index (χ1) is 11.1. The first-order valence-electron chi connectivity index (χ1n) is 8.07. The molecular weight excluding hydrogens is 294 g/mol. The molecule has 0 N–H and O–H groups in total. The highest BCUT2D eigenvalue weighted by atomic mass is 16.5. The molecule has 0 unspecified atom stereocenters. The molecule has 124 valence electrons. The van der Waals surface area contributed by atoms with Crippen molar-refractivity contribution in [2.45, 2.75) is 6.42 Å². The Kier molecular flexibility index (Phi) is 4.93. The van der Waals surface area contributed by atoms with E-state index in [-0.39, 0.29) is 24.9 Å². The number of hydrogen-bond acceptors (Lipinski definition) is 4. The molecule has 6 heteroatoms. The highest BCUT2D eigenvalue weighted by Gasteiger charge is 2.26. The average molecular weight is 317 g/mol. The van der Waals surface area contributed by atoms with Gasteiger partial charge in [0.25, 0.3) is 0 Å². The Bertz CT molecular complexity index is 584. The van der Waals surface area contributed by atoms with Crippen molar-refractivity contribution in [2.75, 3.05) is 57.9 Å². The van der Waals surface area contributed by atoms with Crippen LogP contribution in [0.15, 0.2) is 24.3 Å². The molecule has 2 aliphatic heterocycles. The summed E-state index contributed by atoms with van der Waals surface area (Å²) in [5, 5.41) is 0. The number of para-hydroxylation sites is 1. The molecule has 1 fully saturated rings. The number of nitrogens with zero attached hydrogens (tertiary/aromatic N) is 3.